The number of phenolic OH excluding ortho intramolecular Hbond substituents is 1. The van der Waals surface area contributed by atoms with Gasteiger partial charge in [0.15, 0.2) is 11.6 Å². The molecule has 3 rings (SSSR count). The van der Waals surface area contributed by atoms with Crippen LogP contribution in [0.15, 0.2) is 48.5 Å². The number of aliphatic hydroxyl groups excluding tert-OH is 1. The number of rotatable bonds is 6. The Morgan fingerprint density at radius 1 is 0.889 bits per heavy atom. The number of aromatic hydroxyl groups is 1. The lowest BCUT2D eigenvalue weighted by atomic mass is 10.1. The van der Waals surface area contributed by atoms with Crippen LogP contribution >= 0.6 is 34.8 Å². The molecule has 3 aromatic rings. The van der Waals surface area contributed by atoms with Crippen LogP contribution < -0.4 is 4.90 Å². The van der Waals surface area contributed by atoms with Gasteiger partial charge < -0.3 is 15.1 Å². The van der Waals surface area contributed by atoms with Crippen LogP contribution in [0.1, 0.15) is 5.56 Å². The van der Waals surface area contributed by atoms with Crippen molar-refractivity contribution in [1.29, 1.82) is 0 Å². The van der Waals surface area contributed by atoms with Gasteiger partial charge in [0.1, 0.15) is 0 Å². The zero-order valence-electron chi connectivity index (χ0n) is 14.1. The summed E-state index contributed by atoms with van der Waals surface area (Å²) in [5.74, 6) is 0.434. The molecule has 0 bridgehead atoms. The van der Waals surface area contributed by atoms with E-state index in [1.165, 1.54) is 0 Å². The average molecular weight is 425 g/mol. The molecule has 27 heavy (non-hydrogen) atoms. The van der Waals surface area contributed by atoms with Gasteiger partial charge in [0.25, 0.3) is 0 Å². The standard InChI is InChI=1S/C19H16Cl3N3O2/c20-14-4-2-1-3-12(14)11-25(7-8-26)18-6-5-17(23-24-18)13-9-15(21)19(27)16(22)10-13/h1-6,9-10,26-27H,7-8,11H2. The second-order valence-electron chi connectivity index (χ2n) is 5.80. The van der Waals surface area contributed by atoms with Gasteiger partial charge in [-0.15, -0.1) is 10.2 Å². The van der Waals surface area contributed by atoms with Crippen molar-refractivity contribution >= 4 is 40.6 Å². The van der Waals surface area contributed by atoms with E-state index in [0.717, 1.165) is 5.56 Å². The van der Waals surface area contributed by atoms with Crippen molar-refractivity contribution in [3.63, 3.8) is 0 Å². The number of anilines is 1. The first-order valence-corrected chi connectivity index (χ1v) is 9.24. The Kier molecular flexibility index (Phi) is 6.39. The van der Waals surface area contributed by atoms with Crippen molar-refractivity contribution in [3.05, 3.63) is 69.2 Å². The summed E-state index contributed by atoms with van der Waals surface area (Å²) < 4.78 is 0. The third-order valence-electron chi connectivity index (χ3n) is 3.98. The molecule has 0 fully saturated rings. The predicted octanol–water partition coefficient (Wildman–Crippen LogP) is 4.81. The first-order chi connectivity index (χ1) is 13.0. The van der Waals surface area contributed by atoms with Gasteiger partial charge in [0.05, 0.1) is 22.3 Å². The van der Waals surface area contributed by atoms with E-state index in [2.05, 4.69) is 10.2 Å². The molecule has 0 aliphatic carbocycles. The predicted molar refractivity (Wildman–Crippen MR) is 109 cm³/mol. The fraction of sp³-hybridized carbons (Fsp3) is 0.158. The Bertz CT molecular complexity index is 913. The van der Waals surface area contributed by atoms with E-state index >= 15 is 0 Å². The number of hydrogen-bond donors (Lipinski definition) is 2. The van der Waals surface area contributed by atoms with Crippen LogP contribution in [0.5, 0.6) is 5.75 Å². The van der Waals surface area contributed by atoms with Gasteiger partial charge in [-0.25, -0.2) is 0 Å². The molecule has 2 N–H and O–H groups in total. The van der Waals surface area contributed by atoms with E-state index in [-0.39, 0.29) is 22.4 Å². The summed E-state index contributed by atoms with van der Waals surface area (Å²) in [5.41, 5.74) is 2.13. The summed E-state index contributed by atoms with van der Waals surface area (Å²) in [6.07, 6.45) is 0. The SMILES string of the molecule is OCCN(Cc1ccccc1Cl)c1ccc(-c2cc(Cl)c(O)c(Cl)c2)nn1. The number of nitrogens with zero attached hydrogens (tertiary/aromatic N) is 3. The fourth-order valence-electron chi connectivity index (χ4n) is 2.59. The third-order valence-corrected chi connectivity index (χ3v) is 4.92. The van der Waals surface area contributed by atoms with E-state index in [4.69, 9.17) is 34.8 Å². The van der Waals surface area contributed by atoms with Gasteiger partial charge in [-0.1, -0.05) is 53.0 Å². The molecule has 0 aliphatic heterocycles. The van der Waals surface area contributed by atoms with Crippen molar-refractivity contribution in [2.45, 2.75) is 6.54 Å². The lowest BCUT2D eigenvalue weighted by molar-refractivity contribution is 0.301. The molecule has 8 heteroatoms. The highest BCUT2D eigenvalue weighted by atomic mass is 35.5. The van der Waals surface area contributed by atoms with Crippen molar-refractivity contribution in [2.24, 2.45) is 0 Å². The molecular weight excluding hydrogens is 409 g/mol. The number of benzene rings is 2. The molecule has 2 aromatic carbocycles. The molecular formula is C19H16Cl3N3O2. The maximum absolute atomic E-state index is 9.68. The molecule has 1 aromatic heterocycles. The van der Waals surface area contributed by atoms with Gasteiger partial charge in [-0.3, -0.25) is 0 Å². The summed E-state index contributed by atoms with van der Waals surface area (Å²) in [6.45, 7) is 0.846. The van der Waals surface area contributed by atoms with Crippen LogP contribution in [-0.2, 0) is 6.54 Å². The summed E-state index contributed by atoms with van der Waals surface area (Å²) in [6, 6.07) is 14.2. The van der Waals surface area contributed by atoms with Crippen molar-refractivity contribution in [1.82, 2.24) is 10.2 Å². The number of halogens is 3. The van der Waals surface area contributed by atoms with Gasteiger partial charge in [0, 0.05) is 23.7 Å². The monoisotopic (exact) mass is 423 g/mol. The quantitative estimate of drug-likeness (QED) is 0.594. The highest BCUT2D eigenvalue weighted by Gasteiger charge is 2.13. The third kappa shape index (κ3) is 4.62. The summed E-state index contributed by atoms with van der Waals surface area (Å²) >= 11 is 18.2. The smallest absolute Gasteiger partial charge is 0.152 e. The number of aromatic nitrogens is 2. The lowest BCUT2D eigenvalue weighted by Gasteiger charge is -2.23. The molecule has 5 nitrogen and oxygen atoms in total. The van der Waals surface area contributed by atoms with E-state index in [0.29, 0.717) is 35.2 Å². The van der Waals surface area contributed by atoms with Crippen molar-refractivity contribution < 1.29 is 10.2 Å². The largest absolute Gasteiger partial charge is 0.505 e. The summed E-state index contributed by atoms with van der Waals surface area (Å²) in [7, 11) is 0. The number of phenols is 1. The zero-order chi connectivity index (χ0) is 19.4. The van der Waals surface area contributed by atoms with Gasteiger partial charge >= 0.3 is 0 Å². The van der Waals surface area contributed by atoms with Crippen LogP contribution in [0.3, 0.4) is 0 Å². The van der Waals surface area contributed by atoms with E-state index in [1.807, 2.05) is 29.2 Å². The van der Waals surface area contributed by atoms with E-state index < -0.39 is 0 Å². The first kappa shape index (κ1) is 19.7. The van der Waals surface area contributed by atoms with Crippen LogP contribution in [0.25, 0.3) is 11.3 Å². The van der Waals surface area contributed by atoms with E-state index in [9.17, 15) is 10.2 Å². The minimum atomic E-state index is -0.166. The van der Waals surface area contributed by atoms with E-state index in [1.54, 1.807) is 24.3 Å². The minimum absolute atomic E-state index is 0.0307. The van der Waals surface area contributed by atoms with Crippen LogP contribution in [0, 0.1) is 0 Å². The normalized spacial score (nSPS) is 10.8. The highest BCUT2D eigenvalue weighted by Crippen LogP contribution is 2.36. The molecule has 0 saturated carbocycles. The lowest BCUT2D eigenvalue weighted by Crippen LogP contribution is -2.27. The average Bonchev–Trinajstić information content (AvgIpc) is 2.67. The topological polar surface area (TPSA) is 69.5 Å². The molecule has 140 valence electrons. The van der Waals surface area contributed by atoms with Crippen LogP contribution in [0.4, 0.5) is 5.82 Å². The Morgan fingerprint density at radius 2 is 1.59 bits per heavy atom. The molecule has 0 amide bonds. The Morgan fingerprint density at radius 3 is 2.19 bits per heavy atom. The summed E-state index contributed by atoms with van der Waals surface area (Å²) in [5, 5.41) is 28.5. The molecule has 0 aliphatic rings. The van der Waals surface area contributed by atoms with Crippen molar-refractivity contribution in [3.8, 4) is 17.0 Å². The van der Waals surface area contributed by atoms with Gasteiger partial charge in [0.2, 0.25) is 0 Å². The van der Waals surface area contributed by atoms with Gasteiger partial charge in [-0.2, -0.15) is 0 Å². The maximum Gasteiger partial charge on any atom is 0.152 e. The number of hydrogen-bond acceptors (Lipinski definition) is 5. The number of aliphatic hydroxyl groups is 1. The molecule has 0 spiro atoms. The fourth-order valence-corrected chi connectivity index (χ4v) is 3.27. The molecule has 0 saturated heterocycles. The Hall–Kier alpha value is -2.05. The molecule has 1 heterocycles. The molecule has 0 atom stereocenters. The maximum atomic E-state index is 9.68. The second kappa shape index (κ2) is 8.76. The molecule has 0 unspecified atom stereocenters. The Balaban J connectivity index is 1.86. The van der Waals surface area contributed by atoms with Gasteiger partial charge in [-0.05, 0) is 35.9 Å². The Labute approximate surface area is 171 Å². The highest BCUT2D eigenvalue weighted by molar-refractivity contribution is 6.37. The van der Waals surface area contributed by atoms with Crippen LogP contribution in [0.2, 0.25) is 15.1 Å². The zero-order valence-corrected chi connectivity index (χ0v) is 16.4. The van der Waals surface area contributed by atoms with Crippen LogP contribution in [-0.4, -0.2) is 33.6 Å². The van der Waals surface area contributed by atoms with Crippen molar-refractivity contribution in [2.75, 3.05) is 18.1 Å². The first-order valence-electron chi connectivity index (χ1n) is 8.11. The molecule has 0 radical (unpaired) electrons. The second-order valence-corrected chi connectivity index (χ2v) is 7.02. The summed E-state index contributed by atoms with van der Waals surface area (Å²) in [4.78, 5) is 1.88. The minimum Gasteiger partial charge on any atom is -0.505 e.